The lowest BCUT2D eigenvalue weighted by Crippen LogP contribution is -2.45. The second-order valence-electron chi connectivity index (χ2n) is 8.10. The van der Waals surface area contributed by atoms with E-state index in [1.165, 1.54) is 6.07 Å². The summed E-state index contributed by atoms with van der Waals surface area (Å²) in [7, 11) is 3.19. The third-order valence-electron chi connectivity index (χ3n) is 5.57. The smallest absolute Gasteiger partial charge is 0.336 e. The van der Waals surface area contributed by atoms with Gasteiger partial charge in [-0.1, -0.05) is 6.07 Å². The van der Waals surface area contributed by atoms with Crippen molar-refractivity contribution >= 4 is 23.0 Å². The van der Waals surface area contributed by atoms with Crippen LogP contribution in [0.25, 0.3) is 11.0 Å². The molecule has 0 bridgehead atoms. The molecule has 7 nitrogen and oxygen atoms in total. The summed E-state index contributed by atoms with van der Waals surface area (Å²) in [6, 6.07) is 12.4. The number of fused-ring (bicyclic) bond motifs is 3. The van der Waals surface area contributed by atoms with Crippen molar-refractivity contribution in [3.05, 3.63) is 64.0 Å². The van der Waals surface area contributed by atoms with Gasteiger partial charge in [-0.25, -0.2) is 4.79 Å². The van der Waals surface area contributed by atoms with Crippen molar-refractivity contribution in [2.24, 2.45) is 4.99 Å². The van der Waals surface area contributed by atoms with Crippen LogP contribution >= 0.6 is 0 Å². The van der Waals surface area contributed by atoms with Crippen molar-refractivity contribution in [3.8, 4) is 17.2 Å². The third kappa shape index (κ3) is 3.98. The van der Waals surface area contributed by atoms with E-state index in [0.29, 0.717) is 41.4 Å². The van der Waals surface area contributed by atoms with E-state index >= 15 is 0 Å². The van der Waals surface area contributed by atoms with Crippen LogP contribution in [0.5, 0.6) is 17.2 Å². The van der Waals surface area contributed by atoms with Gasteiger partial charge >= 0.3 is 5.63 Å². The van der Waals surface area contributed by atoms with E-state index in [4.69, 9.17) is 18.6 Å². The molecule has 0 unspecified atom stereocenters. The number of aliphatic imine (C=N–C) groups is 1. The van der Waals surface area contributed by atoms with Gasteiger partial charge in [-0.3, -0.25) is 9.79 Å². The Morgan fingerprint density at radius 2 is 1.78 bits per heavy atom. The summed E-state index contributed by atoms with van der Waals surface area (Å²) in [5, 5.41) is 0.725. The number of hydrogen-bond donors (Lipinski definition) is 0. The van der Waals surface area contributed by atoms with Crippen LogP contribution in [0, 0.1) is 0 Å². The Morgan fingerprint density at radius 1 is 1.03 bits per heavy atom. The maximum Gasteiger partial charge on any atom is 0.336 e. The highest BCUT2D eigenvalue weighted by Crippen LogP contribution is 2.41. The summed E-state index contributed by atoms with van der Waals surface area (Å²) in [4.78, 5) is 29.6. The lowest BCUT2D eigenvalue weighted by molar-refractivity contribution is -0.133. The van der Waals surface area contributed by atoms with Crippen LogP contribution in [0.2, 0.25) is 0 Å². The van der Waals surface area contributed by atoms with E-state index in [9.17, 15) is 9.59 Å². The van der Waals surface area contributed by atoms with Crippen molar-refractivity contribution in [1.82, 2.24) is 0 Å². The number of ether oxygens (including phenoxy) is 3. The van der Waals surface area contributed by atoms with Crippen LogP contribution in [0.3, 0.4) is 0 Å². The first-order chi connectivity index (χ1) is 15.3. The first-order valence-corrected chi connectivity index (χ1v) is 10.3. The lowest BCUT2D eigenvalue weighted by atomic mass is 9.83. The monoisotopic (exact) mass is 435 g/mol. The molecule has 2 aromatic carbocycles. The summed E-state index contributed by atoms with van der Waals surface area (Å²) in [5.74, 6) is 1.03. The van der Waals surface area contributed by atoms with Gasteiger partial charge in [-0.2, -0.15) is 0 Å². The Morgan fingerprint density at radius 3 is 2.53 bits per heavy atom. The van der Waals surface area contributed by atoms with E-state index in [1.54, 1.807) is 46.4 Å². The van der Waals surface area contributed by atoms with E-state index in [0.717, 1.165) is 10.9 Å². The van der Waals surface area contributed by atoms with Crippen molar-refractivity contribution in [1.29, 1.82) is 0 Å². The van der Waals surface area contributed by atoms with E-state index in [-0.39, 0.29) is 5.78 Å². The predicted molar refractivity (Wildman–Crippen MR) is 122 cm³/mol. The Labute approximate surface area is 185 Å². The molecular formula is C25H25NO6. The van der Waals surface area contributed by atoms with Gasteiger partial charge < -0.3 is 18.6 Å². The molecular weight excluding hydrogens is 410 g/mol. The normalized spacial score (nSPS) is 17.2. The minimum atomic E-state index is -1.02. The highest BCUT2D eigenvalue weighted by Gasteiger charge is 2.43. The molecule has 166 valence electrons. The van der Waals surface area contributed by atoms with E-state index < -0.39 is 17.1 Å². The number of ketones is 1. The van der Waals surface area contributed by atoms with Crippen LogP contribution in [0.1, 0.15) is 30.9 Å². The highest BCUT2D eigenvalue weighted by atomic mass is 16.5. The molecule has 0 amide bonds. The maximum absolute atomic E-state index is 13.2. The number of carbonyl (C=O) groups excluding carboxylic acids is 1. The first kappa shape index (κ1) is 21.6. The van der Waals surface area contributed by atoms with Crippen LogP contribution in [0.4, 0.5) is 0 Å². The highest BCUT2D eigenvalue weighted by molar-refractivity contribution is 6.09. The first-order valence-electron chi connectivity index (χ1n) is 10.3. The molecule has 1 aliphatic rings. The van der Waals surface area contributed by atoms with Gasteiger partial charge in [0.25, 0.3) is 0 Å². The molecule has 0 radical (unpaired) electrons. The summed E-state index contributed by atoms with van der Waals surface area (Å²) < 4.78 is 22.0. The van der Waals surface area contributed by atoms with Gasteiger partial charge in [0.1, 0.15) is 11.3 Å². The zero-order valence-corrected chi connectivity index (χ0v) is 18.5. The molecule has 32 heavy (non-hydrogen) atoms. The summed E-state index contributed by atoms with van der Waals surface area (Å²) in [5.41, 5.74) is 0.438. The zero-order chi connectivity index (χ0) is 22.9. The van der Waals surface area contributed by atoms with Gasteiger partial charge in [0.2, 0.25) is 0 Å². The molecule has 1 aromatic heterocycles. The van der Waals surface area contributed by atoms with Crippen LogP contribution < -0.4 is 19.8 Å². The fourth-order valence-corrected chi connectivity index (χ4v) is 3.90. The number of rotatable bonds is 6. The number of benzene rings is 2. The van der Waals surface area contributed by atoms with Crippen molar-refractivity contribution in [2.45, 2.75) is 31.8 Å². The van der Waals surface area contributed by atoms with Gasteiger partial charge in [0.15, 0.2) is 22.9 Å². The summed E-state index contributed by atoms with van der Waals surface area (Å²) in [6.45, 7) is 3.94. The fourth-order valence-electron chi connectivity index (χ4n) is 3.90. The third-order valence-corrected chi connectivity index (χ3v) is 5.57. The van der Waals surface area contributed by atoms with Gasteiger partial charge in [-0.05, 0) is 56.2 Å². The number of nitrogens with zero attached hydrogens (tertiary/aromatic N) is 1. The second kappa shape index (κ2) is 8.49. The predicted octanol–water partition coefficient (Wildman–Crippen LogP) is 3.95. The second-order valence-corrected chi connectivity index (χ2v) is 8.10. The molecule has 3 aromatic rings. The minimum Gasteiger partial charge on any atom is -0.493 e. The average molecular weight is 435 g/mol. The van der Waals surface area contributed by atoms with E-state index in [1.807, 2.05) is 24.3 Å². The molecule has 0 saturated carbocycles. The summed E-state index contributed by atoms with van der Waals surface area (Å²) >= 11 is 0. The quantitative estimate of drug-likeness (QED) is 0.430. The molecule has 0 N–H and O–H groups in total. The molecule has 0 aliphatic carbocycles. The van der Waals surface area contributed by atoms with E-state index in [2.05, 4.69) is 4.99 Å². The number of Topliss-reactive ketones (excluding diaryl/α,β-unsaturated/α-hetero) is 1. The zero-order valence-electron chi connectivity index (χ0n) is 18.5. The Kier molecular flexibility index (Phi) is 5.74. The minimum absolute atomic E-state index is 0.140. The topological polar surface area (TPSA) is 87.3 Å². The number of carbonyl (C=O) groups is 1. The maximum atomic E-state index is 13.2. The standard InChI is InChI=1S/C25H25NO6/c1-25(2)24(28)17(14-26-12-11-15-5-8-18(29-3)20(13-15)30-4)22-19(32-25)9-6-16-7-10-21(27)31-23(16)22/h5-10,13-14,17H,11-12H2,1-4H3/t17-/m1/s1. The molecule has 0 saturated heterocycles. The Hall–Kier alpha value is -3.61. The molecule has 0 spiro atoms. The van der Waals surface area contributed by atoms with Crippen LogP contribution in [0.15, 0.2) is 56.7 Å². The lowest BCUT2D eigenvalue weighted by Gasteiger charge is -2.34. The molecule has 1 atom stereocenters. The van der Waals surface area contributed by atoms with Gasteiger partial charge in [-0.15, -0.1) is 0 Å². The summed E-state index contributed by atoms with van der Waals surface area (Å²) in [6.07, 6.45) is 2.30. The number of methoxy groups -OCH3 is 2. The molecule has 4 rings (SSSR count). The Balaban J connectivity index is 1.63. The molecule has 2 heterocycles. The van der Waals surface area contributed by atoms with Crippen LogP contribution in [-0.4, -0.2) is 38.4 Å². The molecule has 0 fully saturated rings. The Bertz CT molecular complexity index is 1260. The number of hydrogen-bond acceptors (Lipinski definition) is 7. The SMILES string of the molecule is COc1ccc(CCN=C[C@H]2C(=O)C(C)(C)Oc3ccc4ccc(=O)oc4c32)cc1OC. The van der Waals surface area contributed by atoms with Crippen LogP contribution in [-0.2, 0) is 11.2 Å². The molecule has 7 heteroatoms. The fraction of sp³-hybridized carbons (Fsp3) is 0.320. The van der Waals surface area contributed by atoms with Crippen molar-refractivity contribution < 1.29 is 23.4 Å². The van der Waals surface area contributed by atoms with Crippen molar-refractivity contribution in [2.75, 3.05) is 20.8 Å². The largest absolute Gasteiger partial charge is 0.493 e. The van der Waals surface area contributed by atoms with Gasteiger partial charge in [0, 0.05) is 24.2 Å². The average Bonchev–Trinajstić information content (AvgIpc) is 2.78. The molecule has 1 aliphatic heterocycles. The van der Waals surface area contributed by atoms with Gasteiger partial charge in [0.05, 0.1) is 25.7 Å². The van der Waals surface area contributed by atoms with Crippen molar-refractivity contribution in [3.63, 3.8) is 0 Å².